The summed E-state index contributed by atoms with van der Waals surface area (Å²) in [7, 11) is 0. The van der Waals surface area contributed by atoms with Gasteiger partial charge in [0.15, 0.2) is 0 Å². The molecule has 0 saturated heterocycles. The molecule has 2 heterocycles. The first-order chi connectivity index (χ1) is 14.7. The summed E-state index contributed by atoms with van der Waals surface area (Å²) in [6, 6.07) is 33.4. The molecule has 0 radical (unpaired) electrons. The van der Waals surface area contributed by atoms with Crippen molar-refractivity contribution in [3.8, 4) is 0 Å². The van der Waals surface area contributed by atoms with E-state index in [0.29, 0.717) is 5.15 Å². The fourth-order valence-corrected chi connectivity index (χ4v) is 4.92. The van der Waals surface area contributed by atoms with Gasteiger partial charge in [-0.2, -0.15) is 5.10 Å². The number of pyridine rings is 1. The molecule has 0 atom stereocenters. The molecule has 3 aromatic carbocycles. The van der Waals surface area contributed by atoms with Crippen molar-refractivity contribution in [1.29, 1.82) is 0 Å². The van der Waals surface area contributed by atoms with Gasteiger partial charge in [0.2, 0.25) is 0 Å². The third-order valence-corrected chi connectivity index (χ3v) is 6.38. The number of halogens is 2. The number of hydrogen-bond donors (Lipinski definition) is 0. The van der Waals surface area contributed by atoms with E-state index in [2.05, 4.69) is 105 Å². The fourth-order valence-electron chi connectivity index (χ4n) is 4.11. The van der Waals surface area contributed by atoms with Crippen LogP contribution in [0.25, 0.3) is 10.9 Å². The average molecular weight is 522 g/mol. The van der Waals surface area contributed by atoms with Crippen molar-refractivity contribution in [2.75, 3.05) is 0 Å². The summed E-state index contributed by atoms with van der Waals surface area (Å²) in [5, 5.41) is 6.49. The molecule has 0 aliphatic heterocycles. The Bertz CT molecular complexity index is 1210. The van der Waals surface area contributed by atoms with Crippen LogP contribution in [0.1, 0.15) is 16.7 Å². The summed E-state index contributed by atoms with van der Waals surface area (Å²) < 4.78 is 2.98. The van der Waals surface area contributed by atoms with Crippen molar-refractivity contribution < 1.29 is 0 Å². The molecule has 146 valence electrons. The Morgan fingerprint density at radius 3 is 1.67 bits per heavy atom. The highest BCUT2D eigenvalue weighted by Gasteiger charge is 2.40. The van der Waals surface area contributed by atoms with Crippen molar-refractivity contribution in [2.45, 2.75) is 5.54 Å². The molecule has 0 N–H and O–H groups in total. The Labute approximate surface area is 193 Å². The lowest BCUT2D eigenvalue weighted by Crippen LogP contribution is -2.38. The lowest BCUT2D eigenvalue weighted by atomic mass is 9.77. The Morgan fingerprint density at radius 2 is 1.20 bits per heavy atom. The van der Waals surface area contributed by atoms with Crippen LogP contribution in [-0.2, 0) is 5.54 Å². The normalized spacial score (nSPS) is 11.7. The number of fused-ring (bicyclic) bond motifs is 1. The molecule has 0 aliphatic rings. The van der Waals surface area contributed by atoms with E-state index in [1.165, 1.54) is 0 Å². The summed E-state index contributed by atoms with van der Waals surface area (Å²) >= 11 is 8.49. The maximum atomic E-state index is 6.21. The van der Waals surface area contributed by atoms with Crippen LogP contribution >= 0.6 is 34.2 Å². The molecule has 0 unspecified atom stereocenters. The summed E-state index contributed by atoms with van der Waals surface area (Å²) in [5.74, 6) is 0. The summed E-state index contributed by atoms with van der Waals surface area (Å²) in [6.07, 6.45) is 1.82. The molecule has 0 aliphatic carbocycles. The van der Waals surface area contributed by atoms with Crippen LogP contribution < -0.4 is 0 Å². The highest BCUT2D eigenvalue weighted by molar-refractivity contribution is 14.1. The first-order valence-electron chi connectivity index (χ1n) is 9.58. The third kappa shape index (κ3) is 3.02. The summed E-state index contributed by atoms with van der Waals surface area (Å²) in [6.45, 7) is 0. The Kier molecular flexibility index (Phi) is 5.05. The molecular weight excluding hydrogens is 505 g/mol. The van der Waals surface area contributed by atoms with E-state index in [4.69, 9.17) is 16.7 Å². The minimum Gasteiger partial charge on any atom is -0.243 e. The number of benzene rings is 3. The molecule has 2 aromatic heterocycles. The van der Waals surface area contributed by atoms with Gasteiger partial charge in [0.25, 0.3) is 0 Å². The van der Waals surface area contributed by atoms with Crippen LogP contribution in [0.4, 0.5) is 0 Å². The van der Waals surface area contributed by atoms with Crippen LogP contribution in [0.3, 0.4) is 0 Å². The van der Waals surface area contributed by atoms with Crippen molar-refractivity contribution in [3.63, 3.8) is 0 Å². The fraction of sp³-hybridized carbons (Fsp3) is 0.0400. The van der Waals surface area contributed by atoms with Gasteiger partial charge in [-0.15, -0.1) is 0 Å². The SMILES string of the molecule is Clc1cc2c(I)nn(C(c3ccccc3)(c3ccccc3)c3ccccc3)c2cn1. The maximum absolute atomic E-state index is 6.21. The Balaban J connectivity index is 1.98. The summed E-state index contributed by atoms with van der Waals surface area (Å²) in [4.78, 5) is 4.38. The number of nitrogens with zero attached hydrogens (tertiary/aromatic N) is 3. The standard InChI is InChI=1S/C25H17ClIN3/c26-23-16-21-22(17-28-23)30(29-24(21)27)25(18-10-4-1-5-11-18,19-12-6-2-7-13-19)20-14-8-3-9-15-20/h1-17H. The molecule has 0 amide bonds. The van der Waals surface area contributed by atoms with E-state index in [1.807, 2.05) is 30.5 Å². The lowest BCUT2D eigenvalue weighted by molar-refractivity contribution is 0.473. The molecule has 0 fully saturated rings. The topological polar surface area (TPSA) is 30.7 Å². The minimum atomic E-state index is -0.666. The van der Waals surface area contributed by atoms with Gasteiger partial charge in [-0.1, -0.05) is 103 Å². The zero-order chi connectivity index (χ0) is 20.6. The van der Waals surface area contributed by atoms with Crippen LogP contribution in [0.2, 0.25) is 5.15 Å². The molecule has 5 rings (SSSR count). The van der Waals surface area contributed by atoms with Gasteiger partial charge in [-0.05, 0) is 45.3 Å². The highest BCUT2D eigenvalue weighted by Crippen LogP contribution is 2.42. The first kappa shape index (κ1) is 19.3. The van der Waals surface area contributed by atoms with E-state index in [1.54, 1.807) is 0 Å². The molecular formula is C25H17ClIN3. The van der Waals surface area contributed by atoms with Gasteiger partial charge in [0.05, 0.1) is 11.7 Å². The highest BCUT2D eigenvalue weighted by atomic mass is 127. The average Bonchev–Trinajstić information content (AvgIpc) is 3.12. The molecule has 5 aromatic rings. The minimum absolute atomic E-state index is 0.463. The van der Waals surface area contributed by atoms with Crippen molar-refractivity contribution in [2.24, 2.45) is 0 Å². The van der Waals surface area contributed by atoms with Gasteiger partial charge in [0.1, 0.15) is 14.4 Å². The molecule has 3 nitrogen and oxygen atoms in total. The molecule has 0 saturated carbocycles. The van der Waals surface area contributed by atoms with Gasteiger partial charge in [-0.25, -0.2) is 9.67 Å². The number of hydrogen-bond acceptors (Lipinski definition) is 2. The van der Waals surface area contributed by atoms with E-state index in [0.717, 1.165) is 31.3 Å². The van der Waals surface area contributed by atoms with Crippen LogP contribution in [0.5, 0.6) is 0 Å². The first-order valence-corrected chi connectivity index (χ1v) is 11.0. The molecule has 5 heteroatoms. The molecule has 0 bridgehead atoms. The Morgan fingerprint density at radius 1 is 0.733 bits per heavy atom. The summed E-state index contributed by atoms with van der Waals surface area (Å²) in [5.41, 5.74) is 3.64. The van der Waals surface area contributed by atoms with E-state index < -0.39 is 5.54 Å². The van der Waals surface area contributed by atoms with Gasteiger partial charge >= 0.3 is 0 Å². The smallest absolute Gasteiger partial charge is 0.138 e. The van der Waals surface area contributed by atoms with Gasteiger partial charge in [0, 0.05) is 5.39 Å². The van der Waals surface area contributed by atoms with Gasteiger partial charge < -0.3 is 0 Å². The van der Waals surface area contributed by atoms with Crippen molar-refractivity contribution in [1.82, 2.24) is 14.8 Å². The second-order valence-electron chi connectivity index (χ2n) is 7.04. The third-order valence-electron chi connectivity index (χ3n) is 5.38. The van der Waals surface area contributed by atoms with E-state index in [-0.39, 0.29) is 0 Å². The monoisotopic (exact) mass is 521 g/mol. The zero-order valence-corrected chi connectivity index (χ0v) is 18.8. The van der Waals surface area contributed by atoms with Crippen molar-refractivity contribution >= 4 is 45.1 Å². The Hall–Kier alpha value is -2.70. The largest absolute Gasteiger partial charge is 0.243 e. The second kappa shape index (κ2) is 7.85. The zero-order valence-electron chi connectivity index (χ0n) is 15.9. The van der Waals surface area contributed by atoms with Gasteiger partial charge in [-0.3, -0.25) is 0 Å². The van der Waals surface area contributed by atoms with Crippen LogP contribution in [-0.4, -0.2) is 14.8 Å². The predicted octanol–water partition coefficient (Wildman–Crippen LogP) is 6.53. The number of aromatic nitrogens is 3. The lowest BCUT2D eigenvalue weighted by Gasteiger charge is -2.36. The predicted molar refractivity (Wildman–Crippen MR) is 130 cm³/mol. The van der Waals surface area contributed by atoms with Crippen LogP contribution in [0.15, 0.2) is 103 Å². The quantitative estimate of drug-likeness (QED) is 0.153. The van der Waals surface area contributed by atoms with Crippen molar-refractivity contribution in [3.05, 3.63) is 129 Å². The molecule has 30 heavy (non-hydrogen) atoms. The molecule has 0 spiro atoms. The van der Waals surface area contributed by atoms with E-state index >= 15 is 0 Å². The second-order valence-corrected chi connectivity index (χ2v) is 8.44. The maximum Gasteiger partial charge on any atom is 0.138 e. The van der Waals surface area contributed by atoms with Crippen LogP contribution in [0, 0.1) is 3.70 Å². The van der Waals surface area contributed by atoms with E-state index in [9.17, 15) is 0 Å². The number of rotatable bonds is 4.